The lowest BCUT2D eigenvalue weighted by Crippen LogP contribution is -2.09. The first kappa shape index (κ1) is 11.9. The van der Waals surface area contributed by atoms with Crippen LogP contribution in [-0.2, 0) is 9.53 Å². The fraction of sp³-hybridized carbons (Fsp3) is 0.364. The summed E-state index contributed by atoms with van der Waals surface area (Å²) in [5.74, 6) is 0.110. The third-order valence-electron chi connectivity index (χ3n) is 2.07. The second-order valence-corrected chi connectivity index (χ2v) is 3.57. The summed E-state index contributed by atoms with van der Waals surface area (Å²) in [4.78, 5) is 11.3. The van der Waals surface area contributed by atoms with Gasteiger partial charge in [-0.05, 0) is 18.6 Å². The van der Waals surface area contributed by atoms with Crippen molar-refractivity contribution >= 4 is 17.6 Å². The molecule has 4 heteroatoms. The number of carbonyl (C=O) groups excluding carboxylic acids is 1. The van der Waals surface area contributed by atoms with Crippen molar-refractivity contribution in [3.05, 3.63) is 29.3 Å². The lowest BCUT2D eigenvalue weighted by molar-refractivity contribution is -0.140. The van der Waals surface area contributed by atoms with Gasteiger partial charge in [0.05, 0.1) is 14.2 Å². The van der Waals surface area contributed by atoms with Crippen LogP contribution >= 0.6 is 11.6 Å². The van der Waals surface area contributed by atoms with Crippen LogP contribution in [0.25, 0.3) is 0 Å². The summed E-state index contributed by atoms with van der Waals surface area (Å²) in [6.45, 7) is 1.94. The third kappa shape index (κ3) is 2.63. The van der Waals surface area contributed by atoms with Gasteiger partial charge in [0, 0.05) is 5.56 Å². The molecule has 1 aromatic rings. The highest BCUT2D eigenvalue weighted by molar-refractivity contribution is 6.30. The molecule has 0 radical (unpaired) electrons. The van der Waals surface area contributed by atoms with E-state index in [0.717, 1.165) is 5.56 Å². The number of benzene rings is 1. The van der Waals surface area contributed by atoms with E-state index in [1.807, 2.05) is 19.1 Å². The Bertz CT molecular complexity index is 363. The smallest absolute Gasteiger partial charge is 0.328 e. The van der Waals surface area contributed by atoms with E-state index in [4.69, 9.17) is 16.3 Å². The summed E-state index contributed by atoms with van der Waals surface area (Å²) < 4.78 is 9.72. The van der Waals surface area contributed by atoms with E-state index in [2.05, 4.69) is 4.74 Å². The Kier molecular flexibility index (Phi) is 3.97. The number of rotatable bonds is 3. The molecule has 0 saturated carbocycles. The minimum Gasteiger partial charge on any atom is -0.496 e. The monoisotopic (exact) mass is 228 g/mol. The molecular weight excluding hydrogens is 216 g/mol. The number of carbonyl (C=O) groups is 1. The molecule has 0 spiro atoms. The SMILES string of the molecule is COC(=O)C(Cl)c1ccc(C)cc1OC. The minimum absolute atomic E-state index is 0.487. The van der Waals surface area contributed by atoms with E-state index in [9.17, 15) is 4.79 Å². The van der Waals surface area contributed by atoms with Crippen LogP contribution in [0.1, 0.15) is 16.5 Å². The van der Waals surface area contributed by atoms with Gasteiger partial charge >= 0.3 is 5.97 Å². The number of hydrogen-bond donors (Lipinski definition) is 0. The van der Waals surface area contributed by atoms with Gasteiger partial charge in [-0.15, -0.1) is 11.6 Å². The van der Waals surface area contributed by atoms with Gasteiger partial charge < -0.3 is 9.47 Å². The number of ether oxygens (including phenoxy) is 2. The molecule has 1 atom stereocenters. The molecule has 0 N–H and O–H groups in total. The maximum Gasteiger partial charge on any atom is 0.328 e. The van der Waals surface area contributed by atoms with Gasteiger partial charge in [0.2, 0.25) is 0 Å². The number of halogens is 1. The van der Waals surface area contributed by atoms with E-state index in [1.165, 1.54) is 7.11 Å². The van der Waals surface area contributed by atoms with Crippen molar-refractivity contribution in [2.45, 2.75) is 12.3 Å². The van der Waals surface area contributed by atoms with Crippen LogP contribution in [0.3, 0.4) is 0 Å². The molecule has 0 amide bonds. The normalized spacial score (nSPS) is 12.0. The van der Waals surface area contributed by atoms with Gasteiger partial charge in [0.25, 0.3) is 0 Å². The zero-order valence-electron chi connectivity index (χ0n) is 8.91. The maximum absolute atomic E-state index is 11.3. The predicted molar refractivity (Wildman–Crippen MR) is 58.3 cm³/mol. The molecule has 82 valence electrons. The molecule has 0 aromatic heterocycles. The zero-order chi connectivity index (χ0) is 11.4. The quantitative estimate of drug-likeness (QED) is 0.589. The van der Waals surface area contributed by atoms with Crippen LogP contribution in [0.2, 0.25) is 0 Å². The molecular formula is C11H13ClO3. The predicted octanol–water partition coefficient (Wildman–Crippen LogP) is 2.46. The van der Waals surface area contributed by atoms with Crippen molar-refractivity contribution in [3.8, 4) is 5.75 Å². The zero-order valence-corrected chi connectivity index (χ0v) is 9.67. The van der Waals surface area contributed by atoms with Crippen molar-refractivity contribution in [1.29, 1.82) is 0 Å². The van der Waals surface area contributed by atoms with E-state index in [0.29, 0.717) is 11.3 Å². The Morgan fingerprint density at radius 2 is 2.07 bits per heavy atom. The van der Waals surface area contributed by atoms with Crippen molar-refractivity contribution < 1.29 is 14.3 Å². The molecule has 0 aliphatic rings. The first-order valence-electron chi connectivity index (χ1n) is 4.46. The molecule has 0 saturated heterocycles. The Labute approximate surface area is 93.9 Å². The second kappa shape index (κ2) is 5.03. The second-order valence-electron chi connectivity index (χ2n) is 3.13. The highest BCUT2D eigenvalue weighted by Crippen LogP contribution is 2.31. The van der Waals surface area contributed by atoms with Crippen LogP contribution in [-0.4, -0.2) is 20.2 Å². The summed E-state index contributed by atoms with van der Waals surface area (Å²) in [6.07, 6.45) is 0. The summed E-state index contributed by atoms with van der Waals surface area (Å²) in [6, 6.07) is 5.46. The molecule has 1 unspecified atom stereocenters. The largest absolute Gasteiger partial charge is 0.496 e. The topological polar surface area (TPSA) is 35.5 Å². The highest BCUT2D eigenvalue weighted by Gasteiger charge is 2.21. The average molecular weight is 229 g/mol. The Morgan fingerprint density at radius 3 is 2.60 bits per heavy atom. The number of aryl methyl sites for hydroxylation is 1. The van der Waals surface area contributed by atoms with Gasteiger partial charge in [-0.25, -0.2) is 0 Å². The molecule has 15 heavy (non-hydrogen) atoms. The molecule has 0 heterocycles. The van der Waals surface area contributed by atoms with Crippen molar-refractivity contribution in [2.24, 2.45) is 0 Å². The van der Waals surface area contributed by atoms with Crippen LogP contribution < -0.4 is 4.74 Å². The summed E-state index contributed by atoms with van der Waals surface area (Å²) in [5, 5.41) is -0.828. The molecule has 0 fully saturated rings. The Hall–Kier alpha value is -1.22. The number of hydrogen-bond acceptors (Lipinski definition) is 3. The lowest BCUT2D eigenvalue weighted by Gasteiger charge is -2.12. The molecule has 0 bridgehead atoms. The third-order valence-corrected chi connectivity index (χ3v) is 2.48. The first-order valence-corrected chi connectivity index (χ1v) is 4.90. The van der Waals surface area contributed by atoms with Gasteiger partial charge in [0.15, 0.2) is 5.38 Å². The van der Waals surface area contributed by atoms with E-state index >= 15 is 0 Å². The van der Waals surface area contributed by atoms with E-state index in [-0.39, 0.29) is 0 Å². The van der Waals surface area contributed by atoms with Gasteiger partial charge in [-0.3, -0.25) is 4.79 Å². The van der Waals surface area contributed by atoms with Crippen molar-refractivity contribution in [1.82, 2.24) is 0 Å². The van der Waals surface area contributed by atoms with Gasteiger partial charge in [-0.2, -0.15) is 0 Å². The maximum atomic E-state index is 11.3. The summed E-state index contributed by atoms with van der Waals surface area (Å²) >= 11 is 5.94. The van der Waals surface area contributed by atoms with Crippen LogP contribution in [0.4, 0.5) is 0 Å². The lowest BCUT2D eigenvalue weighted by atomic mass is 10.1. The minimum atomic E-state index is -0.828. The molecule has 0 aliphatic heterocycles. The fourth-order valence-corrected chi connectivity index (χ4v) is 1.53. The molecule has 0 aliphatic carbocycles. The Morgan fingerprint density at radius 1 is 1.40 bits per heavy atom. The van der Waals surface area contributed by atoms with Crippen molar-refractivity contribution in [2.75, 3.05) is 14.2 Å². The average Bonchev–Trinajstić information content (AvgIpc) is 2.26. The first-order chi connectivity index (χ1) is 7.10. The Balaban J connectivity index is 3.07. The van der Waals surface area contributed by atoms with Crippen LogP contribution in [0.15, 0.2) is 18.2 Å². The van der Waals surface area contributed by atoms with Crippen LogP contribution in [0, 0.1) is 6.92 Å². The van der Waals surface area contributed by atoms with Gasteiger partial charge in [-0.1, -0.05) is 12.1 Å². The highest BCUT2D eigenvalue weighted by atomic mass is 35.5. The standard InChI is InChI=1S/C11H13ClO3/c1-7-4-5-8(9(6-7)14-2)10(12)11(13)15-3/h4-6,10H,1-3H3. The summed E-state index contributed by atoms with van der Waals surface area (Å²) in [7, 11) is 2.84. The number of alkyl halides is 1. The van der Waals surface area contributed by atoms with E-state index < -0.39 is 11.3 Å². The van der Waals surface area contributed by atoms with Gasteiger partial charge in [0.1, 0.15) is 5.75 Å². The van der Waals surface area contributed by atoms with E-state index in [1.54, 1.807) is 13.2 Å². The van der Waals surface area contributed by atoms with Crippen LogP contribution in [0.5, 0.6) is 5.75 Å². The molecule has 3 nitrogen and oxygen atoms in total. The summed E-state index contributed by atoms with van der Waals surface area (Å²) in [5.41, 5.74) is 1.67. The van der Waals surface area contributed by atoms with Crippen molar-refractivity contribution in [3.63, 3.8) is 0 Å². The molecule has 1 rings (SSSR count). The number of methoxy groups -OCH3 is 2. The molecule has 1 aromatic carbocycles. The number of esters is 1. The fourth-order valence-electron chi connectivity index (χ4n) is 1.26.